The van der Waals surface area contributed by atoms with Crippen LogP contribution in [0.3, 0.4) is 0 Å². The molecule has 0 aliphatic heterocycles. The highest BCUT2D eigenvalue weighted by atomic mass is 35.5. The van der Waals surface area contributed by atoms with Crippen LogP contribution in [0.15, 0.2) is 53.6 Å². The quantitative estimate of drug-likeness (QED) is 0.739. The van der Waals surface area contributed by atoms with E-state index in [9.17, 15) is 13.2 Å². The van der Waals surface area contributed by atoms with Crippen LogP contribution in [0.4, 0.5) is 11.4 Å². The molecule has 3 rings (SSSR count). The van der Waals surface area contributed by atoms with E-state index >= 15 is 0 Å². The number of anilines is 2. The van der Waals surface area contributed by atoms with Crippen LogP contribution in [0, 0.1) is 0 Å². The first kappa shape index (κ1) is 18.2. The summed E-state index contributed by atoms with van der Waals surface area (Å²) in [5, 5.41) is 1.04. The zero-order valence-electron chi connectivity index (χ0n) is 14.1. The van der Waals surface area contributed by atoms with Crippen molar-refractivity contribution >= 4 is 49.6 Å². The first-order valence-electron chi connectivity index (χ1n) is 7.60. The molecule has 0 saturated heterocycles. The van der Waals surface area contributed by atoms with Crippen LogP contribution >= 0.6 is 11.6 Å². The Labute approximate surface area is 156 Å². The van der Waals surface area contributed by atoms with Gasteiger partial charge in [0.2, 0.25) is 0 Å². The number of carbonyl (C=O) groups excluding carboxylic acids is 1. The van der Waals surface area contributed by atoms with Gasteiger partial charge in [-0.05, 0) is 36.4 Å². The van der Waals surface area contributed by atoms with Crippen molar-refractivity contribution in [1.82, 2.24) is 4.98 Å². The summed E-state index contributed by atoms with van der Waals surface area (Å²) in [6.45, 7) is 0. The highest BCUT2D eigenvalue weighted by Crippen LogP contribution is 2.35. The van der Waals surface area contributed by atoms with Gasteiger partial charge in [0, 0.05) is 35.6 Å². The third kappa shape index (κ3) is 3.36. The standard InChI is InChI=1S/C18H16ClN3O3S/c1-22(12-5-3-4-11(19)8-12)17-14-9-13(26(2,24)25)6-7-16(14)21-10-15(17)18(20)23/h3-10H,1-2H3,(H2,20,23). The fraction of sp³-hybridized carbons (Fsp3) is 0.111. The lowest BCUT2D eigenvalue weighted by Gasteiger charge is -2.23. The Hall–Kier alpha value is -2.64. The van der Waals surface area contributed by atoms with Gasteiger partial charge in [-0.1, -0.05) is 17.7 Å². The first-order chi connectivity index (χ1) is 12.2. The molecule has 0 unspecified atom stereocenters. The molecule has 2 N–H and O–H groups in total. The van der Waals surface area contributed by atoms with Crippen molar-refractivity contribution in [2.45, 2.75) is 4.90 Å². The van der Waals surface area contributed by atoms with Crippen molar-refractivity contribution in [1.29, 1.82) is 0 Å². The molecule has 0 fully saturated rings. The van der Waals surface area contributed by atoms with Crippen LogP contribution in [-0.2, 0) is 9.84 Å². The fourth-order valence-electron chi connectivity index (χ4n) is 2.74. The third-order valence-electron chi connectivity index (χ3n) is 4.04. The largest absolute Gasteiger partial charge is 0.365 e. The SMILES string of the molecule is CN(c1cccc(Cl)c1)c1c(C(N)=O)cnc2ccc(S(C)(=O)=O)cc12. The number of hydrogen-bond donors (Lipinski definition) is 1. The average molecular weight is 390 g/mol. The Balaban J connectivity index is 2.35. The van der Waals surface area contributed by atoms with Crippen LogP contribution in [0.25, 0.3) is 10.9 Å². The highest BCUT2D eigenvalue weighted by molar-refractivity contribution is 7.90. The minimum atomic E-state index is -3.42. The molecule has 8 heteroatoms. The Kier molecular flexibility index (Phi) is 4.60. The van der Waals surface area contributed by atoms with E-state index in [1.54, 1.807) is 36.2 Å². The van der Waals surface area contributed by atoms with E-state index < -0.39 is 15.7 Å². The number of hydrogen-bond acceptors (Lipinski definition) is 5. The predicted octanol–water partition coefficient (Wildman–Crippen LogP) is 3.16. The number of halogens is 1. The fourth-order valence-corrected chi connectivity index (χ4v) is 3.58. The Bertz CT molecular complexity index is 1130. The molecule has 0 bridgehead atoms. The molecule has 0 aliphatic carbocycles. The summed E-state index contributed by atoms with van der Waals surface area (Å²) in [6.07, 6.45) is 2.51. The highest BCUT2D eigenvalue weighted by Gasteiger charge is 2.20. The maximum atomic E-state index is 12.0. The number of carbonyl (C=O) groups is 1. The number of rotatable bonds is 4. The Morgan fingerprint density at radius 2 is 1.92 bits per heavy atom. The van der Waals surface area contributed by atoms with Gasteiger partial charge in [-0.2, -0.15) is 0 Å². The van der Waals surface area contributed by atoms with Crippen molar-refractivity contribution in [3.8, 4) is 0 Å². The molecule has 6 nitrogen and oxygen atoms in total. The number of fused-ring (bicyclic) bond motifs is 1. The monoisotopic (exact) mass is 389 g/mol. The number of sulfone groups is 1. The topological polar surface area (TPSA) is 93.4 Å². The summed E-state index contributed by atoms with van der Waals surface area (Å²) in [5.74, 6) is -0.659. The van der Waals surface area contributed by atoms with Gasteiger partial charge in [0.15, 0.2) is 9.84 Å². The minimum absolute atomic E-state index is 0.133. The van der Waals surface area contributed by atoms with E-state index in [1.165, 1.54) is 18.3 Å². The van der Waals surface area contributed by atoms with Gasteiger partial charge in [-0.15, -0.1) is 0 Å². The summed E-state index contributed by atoms with van der Waals surface area (Å²) < 4.78 is 23.9. The number of nitrogens with two attached hydrogens (primary N) is 1. The zero-order chi connectivity index (χ0) is 19.1. The molecular formula is C18H16ClN3O3S. The lowest BCUT2D eigenvalue weighted by atomic mass is 10.1. The van der Waals surface area contributed by atoms with Gasteiger partial charge < -0.3 is 10.6 Å². The summed E-state index contributed by atoms with van der Waals surface area (Å²) in [5.41, 5.74) is 7.45. The molecule has 1 aromatic heterocycles. The van der Waals surface area contributed by atoms with Gasteiger partial charge in [-0.3, -0.25) is 9.78 Å². The molecule has 0 radical (unpaired) electrons. The second kappa shape index (κ2) is 6.59. The lowest BCUT2D eigenvalue weighted by molar-refractivity contribution is 0.100. The first-order valence-corrected chi connectivity index (χ1v) is 9.87. The lowest BCUT2D eigenvalue weighted by Crippen LogP contribution is -2.19. The van der Waals surface area contributed by atoms with Gasteiger partial charge >= 0.3 is 0 Å². The smallest absolute Gasteiger partial charge is 0.252 e. The van der Waals surface area contributed by atoms with Gasteiger partial charge in [-0.25, -0.2) is 8.42 Å². The number of aromatic nitrogens is 1. The summed E-state index contributed by atoms with van der Waals surface area (Å²) in [6, 6.07) is 11.7. The van der Waals surface area contributed by atoms with Crippen molar-refractivity contribution in [3.05, 3.63) is 59.2 Å². The Morgan fingerprint density at radius 1 is 1.19 bits per heavy atom. The third-order valence-corrected chi connectivity index (χ3v) is 5.38. The molecule has 1 heterocycles. The molecule has 0 saturated carbocycles. The van der Waals surface area contributed by atoms with E-state index in [0.29, 0.717) is 21.6 Å². The van der Waals surface area contributed by atoms with Gasteiger partial charge in [0.1, 0.15) is 0 Å². The maximum absolute atomic E-state index is 12.0. The van der Waals surface area contributed by atoms with E-state index in [4.69, 9.17) is 17.3 Å². The van der Waals surface area contributed by atoms with E-state index in [1.807, 2.05) is 6.07 Å². The normalized spacial score (nSPS) is 11.5. The maximum Gasteiger partial charge on any atom is 0.252 e. The molecule has 26 heavy (non-hydrogen) atoms. The number of pyridine rings is 1. The molecule has 2 aromatic carbocycles. The number of benzene rings is 2. The van der Waals surface area contributed by atoms with Crippen LogP contribution in [0.1, 0.15) is 10.4 Å². The molecular weight excluding hydrogens is 374 g/mol. The number of nitrogens with zero attached hydrogens (tertiary/aromatic N) is 2. The van der Waals surface area contributed by atoms with Crippen molar-refractivity contribution in [2.24, 2.45) is 5.73 Å². The van der Waals surface area contributed by atoms with E-state index in [-0.39, 0.29) is 10.5 Å². The van der Waals surface area contributed by atoms with E-state index in [0.717, 1.165) is 11.9 Å². The molecule has 134 valence electrons. The molecule has 0 atom stereocenters. The van der Waals surface area contributed by atoms with Crippen LogP contribution in [0.5, 0.6) is 0 Å². The van der Waals surface area contributed by atoms with Crippen LogP contribution in [0.2, 0.25) is 5.02 Å². The summed E-state index contributed by atoms with van der Waals surface area (Å²) >= 11 is 6.07. The average Bonchev–Trinajstić information content (AvgIpc) is 2.58. The van der Waals surface area contributed by atoms with Crippen molar-refractivity contribution in [2.75, 3.05) is 18.2 Å². The predicted molar refractivity (Wildman–Crippen MR) is 103 cm³/mol. The number of primary amides is 1. The molecule has 3 aromatic rings. The molecule has 1 amide bonds. The minimum Gasteiger partial charge on any atom is -0.365 e. The van der Waals surface area contributed by atoms with E-state index in [2.05, 4.69) is 4.98 Å². The van der Waals surface area contributed by atoms with Gasteiger partial charge in [0.05, 0.1) is 21.7 Å². The molecule has 0 spiro atoms. The zero-order valence-corrected chi connectivity index (χ0v) is 15.7. The van der Waals surface area contributed by atoms with Crippen molar-refractivity contribution < 1.29 is 13.2 Å². The molecule has 0 aliphatic rings. The van der Waals surface area contributed by atoms with Crippen molar-refractivity contribution in [3.63, 3.8) is 0 Å². The van der Waals surface area contributed by atoms with Crippen LogP contribution < -0.4 is 10.6 Å². The second-order valence-corrected chi connectivity index (χ2v) is 8.33. The second-order valence-electron chi connectivity index (χ2n) is 5.87. The van der Waals surface area contributed by atoms with Crippen LogP contribution in [-0.4, -0.2) is 32.6 Å². The summed E-state index contributed by atoms with van der Waals surface area (Å²) in [7, 11) is -1.67. The summed E-state index contributed by atoms with van der Waals surface area (Å²) in [4.78, 5) is 18.1. The number of amides is 1. The van der Waals surface area contributed by atoms with Gasteiger partial charge in [0.25, 0.3) is 5.91 Å². The Morgan fingerprint density at radius 3 is 2.54 bits per heavy atom.